The number of ether oxygens (including phenoxy) is 1. The van der Waals surface area contributed by atoms with Gasteiger partial charge < -0.3 is 4.74 Å². The molecule has 0 saturated heterocycles. The summed E-state index contributed by atoms with van der Waals surface area (Å²) in [5.41, 5.74) is 0.570. The summed E-state index contributed by atoms with van der Waals surface area (Å²) in [6.45, 7) is -1.43. The SMILES string of the molecule is Cc1cc(C#N)c(C=O)cc1OC(F)F. The molecule has 1 aromatic carbocycles. The molecule has 78 valence electrons. The van der Waals surface area contributed by atoms with Crippen molar-refractivity contribution in [2.24, 2.45) is 0 Å². The fourth-order valence-corrected chi connectivity index (χ4v) is 1.12. The summed E-state index contributed by atoms with van der Waals surface area (Å²) >= 11 is 0. The van der Waals surface area contributed by atoms with E-state index in [1.807, 2.05) is 0 Å². The number of hydrogen-bond acceptors (Lipinski definition) is 3. The lowest BCUT2D eigenvalue weighted by Crippen LogP contribution is -2.04. The van der Waals surface area contributed by atoms with Crippen molar-refractivity contribution in [3.8, 4) is 11.8 Å². The maximum Gasteiger partial charge on any atom is 0.387 e. The number of aldehydes is 1. The molecule has 0 amide bonds. The van der Waals surface area contributed by atoms with Crippen LogP contribution in [0.15, 0.2) is 12.1 Å². The number of halogens is 2. The Labute approximate surface area is 84.9 Å². The highest BCUT2D eigenvalue weighted by molar-refractivity contribution is 5.80. The third kappa shape index (κ3) is 2.50. The quantitative estimate of drug-likeness (QED) is 0.720. The zero-order chi connectivity index (χ0) is 11.4. The highest BCUT2D eigenvalue weighted by Gasteiger charge is 2.11. The highest BCUT2D eigenvalue weighted by Crippen LogP contribution is 2.23. The third-order valence-electron chi connectivity index (χ3n) is 1.81. The van der Waals surface area contributed by atoms with Gasteiger partial charge in [-0.2, -0.15) is 14.0 Å². The molecule has 0 aliphatic carbocycles. The van der Waals surface area contributed by atoms with E-state index in [4.69, 9.17) is 5.26 Å². The first-order valence-corrected chi connectivity index (χ1v) is 4.03. The Kier molecular flexibility index (Phi) is 3.34. The van der Waals surface area contributed by atoms with Gasteiger partial charge in [0.2, 0.25) is 0 Å². The fraction of sp³-hybridized carbons (Fsp3) is 0.200. The molecule has 0 aromatic heterocycles. The number of aryl methyl sites for hydroxylation is 1. The van der Waals surface area contributed by atoms with Gasteiger partial charge in [-0.15, -0.1) is 0 Å². The van der Waals surface area contributed by atoms with Crippen LogP contribution in [0.5, 0.6) is 5.75 Å². The van der Waals surface area contributed by atoms with Gasteiger partial charge in [0, 0.05) is 5.56 Å². The van der Waals surface area contributed by atoms with E-state index in [0.717, 1.165) is 6.07 Å². The molecule has 15 heavy (non-hydrogen) atoms. The first-order valence-electron chi connectivity index (χ1n) is 4.03. The minimum absolute atomic E-state index is 0.0405. The number of carbonyl (C=O) groups excluding carboxylic acids is 1. The van der Waals surface area contributed by atoms with Gasteiger partial charge in [-0.05, 0) is 24.6 Å². The van der Waals surface area contributed by atoms with E-state index in [-0.39, 0.29) is 16.9 Å². The van der Waals surface area contributed by atoms with Crippen molar-refractivity contribution in [3.63, 3.8) is 0 Å². The maximum absolute atomic E-state index is 11.9. The van der Waals surface area contributed by atoms with Crippen LogP contribution < -0.4 is 4.74 Å². The molecule has 0 radical (unpaired) electrons. The molecule has 0 aliphatic heterocycles. The molecule has 0 spiro atoms. The van der Waals surface area contributed by atoms with Crippen molar-refractivity contribution in [3.05, 3.63) is 28.8 Å². The molecular weight excluding hydrogens is 204 g/mol. The second kappa shape index (κ2) is 4.51. The number of hydrogen-bond donors (Lipinski definition) is 0. The van der Waals surface area contributed by atoms with Crippen LogP contribution >= 0.6 is 0 Å². The Morgan fingerprint density at radius 1 is 1.53 bits per heavy atom. The Bertz CT molecular complexity index is 424. The van der Waals surface area contributed by atoms with Crippen LogP contribution in [0, 0.1) is 18.3 Å². The van der Waals surface area contributed by atoms with Crippen LogP contribution in [0.3, 0.4) is 0 Å². The van der Waals surface area contributed by atoms with Gasteiger partial charge >= 0.3 is 6.61 Å². The molecule has 1 aromatic rings. The molecule has 0 saturated carbocycles. The van der Waals surface area contributed by atoms with E-state index in [0.29, 0.717) is 11.8 Å². The Balaban J connectivity index is 3.21. The van der Waals surface area contributed by atoms with E-state index < -0.39 is 6.61 Å². The summed E-state index contributed by atoms with van der Waals surface area (Å²) in [5, 5.41) is 8.65. The lowest BCUT2D eigenvalue weighted by atomic mass is 10.1. The fourth-order valence-electron chi connectivity index (χ4n) is 1.12. The molecule has 0 atom stereocenters. The lowest BCUT2D eigenvalue weighted by molar-refractivity contribution is -0.0503. The Morgan fingerprint density at radius 2 is 2.20 bits per heavy atom. The molecule has 1 rings (SSSR count). The average Bonchev–Trinajstić information content (AvgIpc) is 2.19. The minimum atomic E-state index is -2.95. The average molecular weight is 211 g/mol. The first kappa shape index (κ1) is 11.1. The standard InChI is InChI=1S/C10H7F2NO2/c1-6-2-7(4-13)8(5-14)3-9(6)15-10(11)12/h2-3,5,10H,1H3. The predicted molar refractivity (Wildman–Crippen MR) is 47.9 cm³/mol. The Hall–Kier alpha value is -1.96. The molecule has 0 aliphatic rings. The summed E-state index contributed by atoms with van der Waals surface area (Å²) in [5.74, 6) is -0.0916. The third-order valence-corrected chi connectivity index (χ3v) is 1.81. The van der Waals surface area contributed by atoms with E-state index in [2.05, 4.69) is 4.74 Å². The summed E-state index contributed by atoms with van der Waals surface area (Å²) in [6, 6.07) is 4.26. The zero-order valence-corrected chi connectivity index (χ0v) is 7.83. The van der Waals surface area contributed by atoms with Crippen LogP contribution in [-0.2, 0) is 0 Å². The van der Waals surface area contributed by atoms with Gasteiger partial charge in [-0.1, -0.05) is 0 Å². The van der Waals surface area contributed by atoms with Crippen LogP contribution in [0.4, 0.5) is 8.78 Å². The summed E-state index contributed by atoms with van der Waals surface area (Å²) in [7, 11) is 0. The summed E-state index contributed by atoms with van der Waals surface area (Å²) < 4.78 is 28.1. The summed E-state index contributed by atoms with van der Waals surface area (Å²) in [4.78, 5) is 10.5. The largest absolute Gasteiger partial charge is 0.435 e. The maximum atomic E-state index is 11.9. The normalized spacial score (nSPS) is 9.80. The van der Waals surface area contributed by atoms with Crippen LogP contribution in [0.1, 0.15) is 21.5 Å². The van der Waals surface area contributed by atoms with E-state index in [9.17, 15) is 13.6 Å². The Morgan fingerprint density at radius 3 is 2.67 bits per heavy atom. The van der Waals surface area contributed by atoms with Crippen molar-refractivity contribution < 1.29 is 18.3 Å². The molecule has 0 N–H and O–H groups in total. The number of nitrogens with zero attached hydrogens (tertiary/aromatic N) is 1. The first-order chi connectivity index (χ1) is 7.08. The second-order valence-corrected chi connectivity index (χ2v) is 2.81. The lowest BCUT2D eigenvalue weighted by Gasteiger charge is -2.08. The van der Waals surface area contributed by atoms with Gasteiger partial charge in [0.25, 0.3) is 0 Å². The number of alkyl halides is 2. The van der Waals surface area contributed by atoms with Crippen molar-refractivity contribution >= 4 is 6.29 Å². The smallest absolute Gasteiger partial charge is 0.387 e. The minimum Gasteiger partial charge on any atom is -0.435 e. The van der Waals surface area contributed by atoms with Crippen molar-refractivity contribution in [1.29, 1.82) is 5.26 Å². The molecular formula is C10H7F2NO2. The van der Waals surface area contributed by atoms with Gasteiger partial charge in [-0.25, -0.2) is 0 Å². The van der Waals surface area contributed by atoms with Gasteiger partial charge in [0.15, 0.2) is 6.29 Å². The van der Waals surface area contributed by atoms with Crippen LogP contribution in [0.2, 0.25) is 0 Å². The molecule has 3 nitrogen and oxygen atoms in total. The van der Waals surface area contributed by atoms with Crippen molar-refractivity contribution in [2.75, 3.05) is 0 Å². The van der Waals surface area contributed by atoms with E-state index >= 15 is 0 Å². The molecule has 0 bridgehead atoms. The monoisotopic (exact) mass is 211 g/mol. The molecule has 0 heterocycles. The van der Waals surface area contributed by atoms with Crippen molar-refractivity contribution in [1.82, 2.24) is 0 Å². The molecule has 5 heteroatoms. The number of benzene rings is 1. The highest BCUT2D eigenvalue weighted by atomic mass is 19.3. The van der Waals surface area contributed by atoms with E-state index in [1.165, 1.54) is 13.0 Å². The second-order valence-electron chi connectivity index (χ2n) is 2.81. The summed E-state index contributed by atoms with van der Waals surface area (Å²) in [6.07, 6.45) is 0.427. The van der Waals surface area contributed by atoms with Crippen LogP contribution in [-0.4, -0.2) is 12.9 Å². The van der Waals surface area contributed by atoms with E-state index in [1.54, 1.807) is 6.07 Å². The van der Waals surface area contributed by atoms with Gasteiger partial charge in [-0.3, -0.25) is 4.79 Å². The molecule has 0 unspecified atom stereocenters. The number of nitriles is 1. The number of carbonyl (C=O) groups is 1. The topological polar surface area (TPSA) is 50.1 Å². The molecule has 0 fully saturated rings. The van der Waals surface area contributed by atoms with Gasteiger partial charge in [0.05, 0.1) is 11.6 Å². The van der Waals surface area contributed by atoms with Crippen molar-refractivity contribution in [2.45, 2.75) is 13.5 Å². The zero-order valence-electron chi connectivity index (χ0n) is 7.83. The number of rotatable bonds is 3. The van der Waals surface area contributed by atoms with Gasteiger partial charge in [0.1, 0.15) is 5.75 Å². The predicted octanol–water partition coefficient (Wildman–Crippen LogP) is 2.28. The van der Waals surface area contributed by atoms with Crippen LogP contribution in [0.25, 0.3) is 0 Å².